The molecule has 1 unspecified atom stereocenters. The molecule has 2 N–H and O–H groups in total. The van der Waals surface area contributed by atoms with Crippen molar-refractivity contribution in [2.45, 2.75) is 33.2 Å². The molecular formula is C21H37N5O. The number of piperazine rings is 1. The predicted molar refractivity (Wildman–Crippen MR) is 114 cm³/mol. The molecule has 0 aromatic heterocycles. The van der Waals surface area contributed by atoms with Crippen LogP contribution in [0, 0.1) is 6.92 Å². The quantitative estimate of drug-likeness (QED) is 0.535. The van der Waals surface area contributed by atoms with Crippen molar-refractivity contribution in [1.82, 2.24) is 20.4 Å². The maximum Gasteiger partial charge on any atom is 0.191 e. The average molecular weight is 376 g/mol. The fraction of sp³-hybridized carbons (Fsp3) is 0.667. The summed E-state index contributed by atoms with van der Waals surface area (Å²) in [6.07, 6.45) is 0.936. The molecule has 0 radical (unpaired) electrons. The van der Waals surface area contributed by atoms with Gasteiger partial charge < -0.3 is 20.3 Å². The Labute approximate surface area is 165 Å². The van der Waals surface area contributed by atoms with E-state index in [0.717, 1.165) is 50.9 Å². The molecule has 27 heavy (non-hydrogen) atoms. The number of rotatable bonds is 8. The van der Waals surface area contributed by atoms with E-state index in [2.05, 4.69) is 64.4 Å². The first-order valence-electron chi connectivity index (χ1n) is 10.1. The van der Waals surface area contributed by atoms with Crippen molar-refractivity contribution < 1.29 is 4.74 Å². The molecule has 1 saturated heterocycles. The third-order valence-corrected chi connectivity index (χ3v) is 5.44. The minimum atomic E-state index is 0.504. The van der Waals surface area contributed by atoms with Crippen LogP contribution in [0.4, 0.5) is 0 Å². The van der Waals surface area contributed by atoms with Crippen LogP contribution in [0.2, 0.25) is 0 Å². The van der Waals surface area contributed by atoms with E-state index < -0.39 is 0 Å². The molecule has 1 heterocycles. The minimum absolute atomic E-state index is 0.504. The van der Waals surface area contributed by atoms with Crippen LogP contribution in [0.1, 0.15) is 25.0 Å². The topological polar surface area (TPSA) is 52.1 Å². The molecule has 1 fully saturated rings. The molecule has 6 heteroatoms. The highest BCUT2D eigenvalue weighted by molar-refractivity contribution is 5.79. The molecule has 2 rings (SSSR count). The summed E-state index contributed by atoms with van der Waals surface area (Å²) < 4.78 is 5.41. The Morgan fingerprint density at radius 3 is 2.59 bits per heavy atom. The number of benzene rings is 1. The minimum Gasteiger partial charge on any atom is -0.496 e. The molecule has 0 saturated carbocycles. The van der Waals surface area contributed by atoms with Crippen LogP contribution >= 0.6 is 0 Å². The molecule has 0 bridgehead atoms. The van der Waals surface area contributed by atoms with Gasteiger partial charge in [-0.15, -0.1) is 0 Å². The van der Waals surface area contributed by atoms with Crippen LogP contribution in [-0.4, -0.2) is 81.8 Å². The zero-order chi connectivity index (χ0) is 19.6. The summed E-state index contributed by atoms with van der Waals surface area (Å²) in [5, 5.41) is 6.88. The highest BCUT2D eigenvalue weighted by Crippen LogP contribution is 2.18. The number of nitrogens with one attached hydrogen (secondary N) is 2. The molecular weight excluding hydrogens is 338 g/mol. The molecule has 1 aromatic rings. The second-order valence-corrected chi connectivity index (χ2v) is 7.25. The summed E-state index contributed by atoms with van der Waals surface area (Å²) in [6.45, 7) is 14.2. The number of nitrogens with zero attached hydrogens (tertiary/aromatic N) is 3. The molecule has 1 aromatic carbocycles. The standard InChI is InChI=1S/C21H37N5O/c1-6-25-11-13-26(14-12-25)18(3)16-24-21(22-4)23-10-9-19-8-7-17(2)20(15-19)27-5/h7-8,15,18H,6,9-14,16H2,1-5H3,(H2,22,23,24). The van der Waals surface area contributed by atoms with Crippen LogP contribution in [0.3, 0.4) is 0 Å². The molecule has 152 valence electrons. The second-order valence-electron chi connectivity index (χ2n) is 7.25. The first-order chi connectivity index (χ1) is 13.1. The zero-order valence-electron chi connectivity index (χ0n) is 17.7. The number of likely N-dealkylation sites (N-methyl/N-ethyl adjacent to an activating group) is 1. The summed E-state index contributed by atoms with van der Waals surface area (Å²) in [5.41, 5.74) is 2.43. The van der Waals surface area contributed by atoms with Crippen LogP contribution < -0.4 is 15.4 Å². The SMILES string of the molecule is CCN1CCN(C(C)CNC(=NC)NCCc2ccc(C)c(OC)c2)CC1. The van der Waals surface area contributed by atoms with Gasteiger partial charge in [0.15, 0.2) is 5.96 Å². The Morgan fingerprint density at radius 1 is 1.22 bits per heavy atom. The normalized spacial score (nSPS) is 17.6. The van der Waals surface area contributed by atoms with E-state index in [0.29, 0.717) is 6.04 Å². The number of hydrogen-bond donors (Lipinski definition) is 2. The predicted octanol–water partition coefficient (Wildman–Crippen LogP) is 1.74. The van der Waals surface area contributed by atoms with Gasteiger partial charge in [-0.05, 0) is 44.0 Å². The first kappa shape index (κ1) is 21.5. The van der Waals surface area contributed by atoms with Gasteiger partial charge in [0, 0.05) is 52.4 Å². The number of ether oxygens (including phenoxy) is 1. The van der Waals surface area contributed by atoms with Gasteiger partial charge in [0.25, 0.3) is 0 Å². The molecule has 1 aliphatic rings. The van der Waals surface area contributed by atoms with Crippen LogP contribution in [0.15, 0.2) is 23.2 Å². The Bertz CT molecular complexity index is 596. The third kappa shape index (κ3) is 6.70. The van der Waals surface area contributed by atoms with Crippen LogP contribution in [-0.2, 0) is 6.42 Å². The highest BCUT2D eigenvalue weighted by atomic mass is 16.5. The lowest BCUT2D eigenvalue weighted by Gasteiger charge is -2.37. The van der Waals surface area contributed by atoms with Gasteiger partial charge in [-0.1, -0.05) is 19.1 Å². The lowest BCUT2D eigenvalue weighted by Crippen LogP contribution is -2.53. The van der Waals surface area contributed by atoms with Gasteiger partial charge in [0.05, 0.1) is 7.11 Å². The van der Waals surface area contributed by atoms with Gasteiger partial charge in [-0.2, -0.15) is 0 Å². The van der Waals surface area contributed by atoms with Crippen molar-refractivity contribution in [2.24, 2.45) is 4.99 Å². The van der Waals surface area contributed by atoms with Gasteiger partial charge in [-0.3, -0.25) is 9.89 Å². The Hall–Kier alpha value is -1.79. The smallest absolute Gasteiger partial charge is 0.191 e. The van der Waals surface area contributed by atoms with Crippen molar-refractivity contribution in [1.29, 1.82) is 0 Å². The van der Waals surface area contributed by atoms with E-state index in [1.165, 1.54) is 24.2 Å². The van der Waals surface area contributed by atoms with Gasteiger partial charge in [-0.25, -0.2) is 0 Å². The largest absolute Gasteiger partial charge is 0.496 e. The van der Waals surface area contributed by atoms with Gasteiger partial charge >= 0.3 is 0 Å². The Kier molecular flexibility index (Phi) is 8.88. The van der Waals surface area contributed by atoms with Gasteiger partial charge in [0.1, 0.15) is 5.75 Å². The van der Waals surface area contributed by atoms with E-state index in [-0.39, 0.29) is 0 Å². The molecule has 1 atom stereocenters. The summed E-state index contributed by atoms with van der Waals surface area (Å²) >= 11 is 0. The zero-order valence-corrected chi connectivity index (χ0v) is 17.7. The molecule has 0 spiro atoms. The second kappa shape index (κ2) is 11.1. The first-order valence-corrected chi connectivity index (χ1v) is 10.1. The molecule has 0 aliphatic carbocycles. The summed E-state index contributed by atoms with van der Waals surface area (Å²) in [5.74, 6) is 1.82. The van der Waals surface area contributed by atoms with Crippen molar-refractivity contribution in [3.05, 3.63) is 29.3 Å². The number of hydrogen-bond acceptors (Lipinski definition) is 4. The fourth-order valence-electron chi connectivity index (χ4n) is 3.46. The van der Waals surface area contributed by atoms with E-state index in [9.17, 15) is 0 Å². The highest BCUT2D eigenvalue weighted by Gasteiger charge is 2.20. The van der Waals surface area contributed by atoms with E-state index in [4.69, 9.17) is 4.74 Å². The van der Waals surface area contributed by atoms with Crippen LogP contribution in [0.5, 0.6) is 5.75 Å². The monoisotopic (exact) mass is 375 g/mol. The number of methoxy groups -OCH3 is 1. The van der Waals surface area contributed by atoms with Crippen molar-refractivity contribution >= 4 is 5.96 Å². The fourth-order valence-corrected chi connectivity index (χ4v) is 3.46. The molecule has 6 nitrogen and oxygen atoms in total. The van der Waals surface area contributed by atoms with Gasteiger partial charge in [0.2, 0.25) is 0 Å². The number of aliphatic imine (C=N–C) groups is 1. The Balaban J connectivity index is 1.71. The summed E-state index contributed by atoms with van der Waals surface area (Å²) in [4.78, 5) is 9.42. The lowest BCUT2D eigenvalue weighted by molar-refractivity contribution is 0.107. The summed E-state index contributed by atoms with van der Waals surface area (Å²) in [6, 6.07) is 6.89. The van der Waals surface area contributed by atoms with E-state index >= 15 is 0 Å². The average Bonchev–Trinajstić information content (AvgIpc) is 2.71. The van der Waals surface area contributed by atoms with Crippen molar-refractivity contribution in [3.8, 4) is 5.75 Å². The lowest BCUT2D eigenvalue weighted by atomic mass is 10.1. The number of aryl methyl sites for hydroxylation is 1. The summed E-state index contributed by atoms with van der Waals surface area (Å²) in [7, 11) is 3.55. The third-order valence-electron chi connectivity index (χ3n) is 5.44. The number of guanidine groups is 1. The molecule has 1 aliphatic heterocycles. The van der Waals surface area contributed by atoms with E-state index in [1.54, 1.807) is 7.11 Å². The van der Waals surface area contributed by atoms with Crippen molar-refractivity contribution in [3.63, 3.8) is 0 Å². The maximum absolute atomic E-state index is 5.41. The Morgan fingerprint density at radius 2 is 1.96 bits per heavy atom. The molecule has 0 amide bonds. The van der Waals surface area contributed by atoms with Crippen molar-refractivity contribution in [2.75, 3.05) is 60.0 Å². The maximum atomic E-state index is 5.41. The van der Waals surface area contributed by atoms with E-state index in [1.807, 2.05) is 7.05 Å². The van der Waals surface area contributed by atoms with Crippen LogP contribution in [0.25, 0.3) is 0 Å².